The van der Waals surface area contributed by atoms with Gasteiger partial charge in [-0.2, -0.15) is 0 Å². The molecule has 2 aliphatic rings. The first kappa shape index (κ1) is 19.4. The largest absolute Gasteiger partial charge is 0.490 e. The van der Waals surface area contributed by atoms with Gasteiger partial charge in [-0.1, -0.05) is 29.3 Å². The van der Waals surface area contributed by atoms with Gasteiger partial charge in [0.15, 0.2) is 11.5 Å². The topological polar surface area (TPSA) is 39.7 Å². The molecule has 2 heterocycles. The summed E-state index contributed by atoms with van der Waals surface area (Å²) in [5.41, 5.74) is 4.78. The first-order valence-electron chi connectivity index (χ1n) is 10.2. The van der Waals surface area contributed by atoms with E-state index in [0.29, 0.717) is 35.7 Å². The van der Waals surface area contributed by atoms with E-state index in [1.54, 1.807) is 0 Å². The number of aryl methyl sites for hydroxylation is 1. The average molecular weight is 402 g/mol. The van der Waals surface area contributed by atoms with Gasteiger partial charge in [-0.3, -0.25) is 0 Å². The molecule has 1 N–H and O–H groups in total. The Balaban J connectivity index is 1.76. The molecule has 2 aromatic rings. The predicted octanol–water partition coefficient (Wildman–Crippen LogP) is 6.08. The third-order valence-electron chi connectivity index (χ3n) is 5.60. The molecule has 5 heteroatoms. The van der Waals surface area contributed by atoms with Gasteiger partial charge in [0.2, 0.25) is 0 Å². The van der Waals surface area contributed by atoms with Crippen LogP contribution in [0.4, 0.5) is 5.69 Å². The summed E-state index contributed by atoms with van der Waals surface area (Å²) in [5.74, 6) is 1.68. The molecule has 0 radical (unpaired) electrons. The number of halogens is 1. The van der Waals surface area contributed by atoms with Crippen molar-refractivity contribution in [1.29, 1.82) is 0 Å². The van der Waals surface area contributed by atoms with Crippen molar-refractivity contribution < 1.29 is 14.2 Å². The average Bonchev–Trinajstić information content (AvgIpc) is 2.70. The van der Waals surface area contributed by atoms with Gasteiger partial charge >= 0.3 is 0 Å². The highest BCUT2D eigenvalue weighted by Gasteiger charge is 2.40. The fourth-order valence-electron chi connectivity index (χ4n) is 4.44. The molecule has 28 heavy (non-hydrogen) atoms. The zero-order chi connectivity index (χ0) is 19.7. The van der Waals surface area contributed by atoms with Crippen LogP contribution in [-0.4, -0.2) is 19.8 Å². The molecule has 0 spiro atoms. The molecule has 1 saturated heterocycles. The van der Waals surface area contributed by atoms with Crippen LogP contribution in [-0.2, 0) is 4.74 Å². The van der Waals surface area contributed by atoms with Crippen molar-refractivity contribution in [3.05, 3.63) is 52.0 Å². The quantitative estimate of drug-likeness (QED) is 0.658. The predicted molar refractivity (Wildman–Crippen MR) is 113 cm³/mol. The standard InChI is InChI=1S/C23H28ClNO3/c1-4-26-20-13-15(12-18(24)23(20)27-5-2)21-16-7-6-10-28-22(16)17-11-14(3)8-9-19(17)25-21/h8-9,11-13,16,21-22,25H,4-7,10H2,1-3H3. The SMILES string of the molecule is CCOc1cc(C2Nc3ccc(C)cc3C3OCCCC23)cc(Cl)c1OCC. The van der Waals surface area contributed by atoms with Gasteiger partial charge in [0.1, 0.15) is 0 Å². The maximum atomic E-state index is 6.60. The van der Waals surface area contributed by atoms with E-state index in [4.69, 9.17) is 25.8 Å². The number of ether oxygens (including phenoxy) is 3. The summed E-state index contributed by atoms with van der Waals surface area (Å²) in [5, 5.41) is 4.34. The van der Waals surface area contributed by atoms with Gasteiger partial charge in [-0.15, -0.1) is 0 Å². The number of fused-ring (bicyclic) bond motifs is 3. The van der Waals surface area contributed by atoms with Crippen LogP contribution >= 0.6 is 11.6 Å². The molecule has 2 aromatic carbocycles. The Morgan fingerprint density at radius 1 is 1.14 bits per heavy atom. The van der Waals surface area contributed by atoms with E-state index in [2.05, 4.69) is 36.5 Å². The molecule has 0 aliphatic carbocycles. The second-order valence-electron chi connectivity index (χ2n) is 7.51. The van der Waals surface area contributed by atoms with Crippen LogP contribution in [0.1, 0.15) is 55.5 Å². The number of benzene rings is 2. The van der Waals surface area contributed by atoms with Crippen LogP contribution in [0.3, 0.4) is 0 Å². The molecule has 150 valence electrons. The summed E-state index contributed by atoms with van der Waals surface area (Å²) in [7, 11) is 0. The zero-order valence-corrected chi connectivity index (χ0v) is 17.5. The highest BCUT2D eigenvalue weighted by Crippen LogP contribution is 2.50. The minimum Gasteiger partial charge on any atom is -0.490 e. The third-order valence-corrected chi connectivity index (χ3v) is 5.88. The minimum atomic E-state index is 0.107. The second-order valence-corrected chi connectivity index (χ2v) is 7.91. The molecule has 2 aliphatic heterocycles. The smallest absolute Gasteiger partial charge is 0.179 e. The first-order valence-corrected chi connectivity index (χ1v) is 10.6. The molecule has 3 unspecified atom stereocenters. The van der Waals surface area contributed by atoms with Gasteiger partial charge in [0.05, 0.1) is 30.4 Å². The lowest BCUT2D eigenvalue weighted by Crippen LogP contribution is -2.36. The highest BCUT2D eigenvalue weighted by molar-refractivity contribution is 6.32. The van der Waals surface area contributed by atoms with Crippen LogP contribution in [0.25, 0.3) is 0 Å². The van der Waals surface area contributed by atoms with Crippen molar-refractivity contribution in [1.82, 2.24) is 0 Å². The van der Waals surface area contributed by atoms with Crippen LogP contribution in [0, 0.1) is 12.8 Å². The van der Waals surface area contributed by atoms with E-state index in [0.717, 1.165) is 30.7 Å². The summed E-state index contributed by atoms with van der Waals surface area (Å²) < 4.78 is 17.8. The van der Waals surface area contributed by atoms with Crippen molar-refractivity contribution in [3.63, 3.8) is 0 Å². The number of hydrogen-bond acceptors (Lipinski definition) is 4. The number of anilines is 1. The fourth-order valence-corrected chi connectivity index (χ4v) is 4.71. The summed E-state index contributed by atoms with van der Waals surface area (Å²) >= 11 is 6.60. The van der Waals surface area contributed by atoms with Crippen molar-refractivity contribution in [2.75, 3.05) is 25.1 Å². The monoisotopic (exact) mass is 401 g/mol. The summed E-state index contributed by atoms with van der Waals surface area (Å²) in [4.78, 5) is 0. The van der Waals surface area contributed by atoms with Gasteiger partial charge in [-0.25, -0.2) is 0 Å². The van der Waals surface area contributed by atoms with E-state index in [9.17, 15) is 0 Å². The molecular formula is C23H28ClNO3. The Morgan fingerprint density at radius 2 is 1.96 bits per heavy atom. The maximum Gasteiger partial charge on any atom is 0.179 e. The molecule has 0 bridgehead atoms. The normalized spacial score (nSPS) is 23.4. The molecule has 0 aromatic heterocycles. The lowest BCUT2D eigenvalue weighted by Gasteiger charge is -2.43. The van der Waals surface area contributed by atoms with Gasteiger partial charge in [0.25, 0.3) is 0 Å². The zero-order valence-electron chi connectivity index (χ0n) is 16.8. The van der Waals surface area contributed by atoms with Gasteiger partial charge < -0.3 is 19.5 Å². The van der Waals surface area contributed by atoms with Crippen LogP contribution < -0.4 is 14.8 Å². The molecule has 4 nitrogen and oxygen atoms in total. The molecule has 3 atom stereocenters. The second kappa shape index (κ2) is 8.22. The Bertz CT molecular complexity index is 854. The van der Waals surface area contributed by atoms with Gasteiger partial charge in [-0.05, 0) is 57.4 Å². The third kappa shape index (κ3) is 3.56. The van der Waals surface area contributed by atoms with E-state index in [1.807, 2.05) is 19.9 Å². The van der Waals surface area contributed by atoms with E-state index in [-0.39, 0.29) is 12.1 Å². The molecule has 4 rings (SSSR count). The maximum absolute atomic E-state index is 6.60. The van der Waals surface area contributed by atoms with Crippen molar-refractivity contribution >= 4 is 17.3 Å². The van der Waals surface area contributed by atoms with Crippen molar-refractivity contribution in [2.45, 2.75) is 45.8 Å². The van der Waals surface area contributed by atoms with Crippen LogP contribution in [0.2, 0.25) is 5.02 Å². The lowest BCUT2D eigenvalue weighted by atomic mass is 9.77. The number of nitrogens with one attached hydrogen (secondary N) is 1. The Morgan fingerprint density at radius 3 is 2.75 bits per heavy atom. The lowest BCUT2D eigenvalue weighted by molar-refractivity contribution is -0.0381. The Labute approximate surface area is 172 Å². The van der Waals surface area contributed by atoms with Crippen molar-refractivity contribution in [2.24, 2.45) is 5.92 Å². The molecule has 0 saturated carbocycles. The Kier molecular flexibility index (Phi) is 5.70. The van der Waals surface area contributed by atoms with Crippen LogP contribution in [0.15, 0.2) is 30.3 Å². The molecule has 1 fully saturated rings. The van der Waals surface area contributed by atoms with Gasteiger partial charge in [0, 0.05) is 23.8 Å². The number of hydrogen-bond donors (Lipinski definition) is 1. The summed E-state index contributed by atoms with van der Waals surface area (Å²) in [6.45, 7) is 7.98. The summed E-state index contributed by atoms with van der Waals surface area (Å²) in [6.07, 6.45) is 2.30. The van der Waals surface area contributed by atoms with Crippen molar-refractivity contribution in [3.8, 4) is 11.5 Å². The Hall–Kier alpha value is -1.91. The van der Waals surface area contributed by atoms with E-state index >= 15 is 0 Å². The summed E-state index contributed by atoms with van der Waals surface area (Å²) in [6, 6.07) is 10.8. The minimum absolute atomic E-state index is 0.107. The van der Waals surface area contributed by atoms with E-state index < -0.39 is 0 Å². The number of rotatable bonds is 5. The molecular weight excluding hydrogens is 374 g/mol. The van der Waals surface area contributed by atoms with E-state index in [1.165, 1.54) is 11.1 Å². The van der Waals surface area contributed by atoms with Crippen LogP contribution in [0.5, 0.6) is 11.5 Å². The fraction of sp³-hybridized carbons (Fsp3) is 0.478. The highest BCUT2D eigenvalue weighted by atomic mass is 35.5. The molecule has 0 amide bonds. The first-order chi connectivity index (χ1) is 13.6.